The topological polar surface area (TPSA) is 116 Å². The van der Waals surface area contributed by atoms with Gasteiger partial charge >= 0.3 is 11.7 Å². The SMILES string of the molecule is CCOC(=O)[C@@H](N)Cc1ccc(O)c([N+](=O)[O-])c1.[Cl-]. The third-order valence-electron chi connectivity index (χ3n) is 2.28. The number of carbonyl (C=O) groups excluding carboxylic acids is 1. The Morgan fingerprint density at radius 3 is 2.74 bits per heavy atom. The number of halogens is 1. The van der Waals surface area contributed by atoms with Crippen LogP contribution in [-0.2, 0) is 16.0 Å². The van der Waals surface area contributed by atoms with Crippen LogP contribution >= 0.6 is 0 Å². The molecule has 0 aliphatic heterocycles. The van der Waals surface area contributed by atoms with Crippen molar-refractivity contribution < 1.29 is 32.0 Å². The van der Waals surface area contributed by atoms with Crippen LogP contribution in [0.15, 0.2) is 18.2 Å². The summed E-state index contributed by atoms with van der Waals surface area (Å²) in [5.74, 6) is -0.985. The summed E-state index contributed by atoms with van der Waals surface area (Å²) in [5, 5.41) is 19.9. The molecule has 0 fully saturated rings. The monoisotopic (exact) mass is 289 g/mol. The molecule has 7 nitrogen and oxygen atoms in total. The number of nitrogens with zero attached hydrogens (tertiary/aromatic N) is 1. The minimum absolute atomic E-state index is 0. The largest absolute Gasteiger partial charge is 1.00 e. The molecule has 106 valence electrons. The fraction of sp³-hybridized carbons (Fsp3) is 0.364. The molecule has 8 heteroatoms. The summed E-state index contributed by atoms with van der Waals surface area (Å²) in [7, 11) is 0. The Kier molecular flexibility index (Phi) is 6.81. The van der Waals surface area contributed by atoms with Gasteiger partial charge in [0, 0.05) is 6.07 Å². The molecule has 19 heavy (non-hydrogen) atoms. The molecule has 0 aromatic heterocycles. The molecule has 0 unspecified atom stereocenters. The molecule has 1 aromatic rings. The third-order valence-corrected chi connectivity index (χ3v) is 2.28. The second kappa shape index (κ2) is 7.55. The molecule has 0 heterocycles. The number of phenols is 1. The van der Waals surface area contributed by atoms with Crippen LogP contribution in [-0.4, -0.2) is 28.6 Å². The molecule has 1 atom stereocenters. The Morgan fingerprint density at radius 2 is 2.21 bits per heavy atom. The first-order valence-corrected chi connectivity index (χ1v) is 5.34. The van der Waals surface area contributed by atoms with Gasteiger partial charge in [0.15, 0.2) is 5.75 Å². The minimum Gasteiger partial charge on any atom is -1.00 e. The van der Waals surface area contributed by atoms with E-state index in [1.54, 1.807) is 6.92 Å². The second-order valence-corrected chi connectivity index (χ2v) is 3.64. The van der Waals surface area contributed by atoms with Crippen molar-refractivity contribution in [2.45, 2.75) is 19.4 Å². The molecule has 0 saturated heterocycles. The number of hydrogen-bond donors (Lipinski definition) is 2. The fourth-order valence-corrected chi connectivity index (χ4v) is 1.43. The first-order valence-electron chi connectivity index (χ1n) is 5.34. The quantitative estimate of drug-likeness (QED) is 0.359. The van der Waals surface area contributed by atoms with Crippen LogP contribution in [0.4, 0.5) is 5.69 Å². The van der Waals surface area contributed by atoms with Gasteiger partial charge in [0.05, 0.1) is 11.5 Å². The molecule has 0 radical (unpaired) electrons. The Bertz CT molecular complexity index is 466. The van der Waals surface area contributed by atoms with Gasteiger partial charge in [-0.25, -0.2) is 0 Å². The summed E-state index contributed by atoms with van der Waals surface area (Å²) < 4.78 is 4.73. The third kappa shape index (κ3) is 4.72. The van der Waals surface area contributed by atoms with Crippen molar-refractivity contribution in [2.24, 2.45) is 5.73 Å². The average molecular weight is 290 g/mol. The van der Waals surface area contributed by atoms with E-state index in [0.29, 0.717) is 5.56 Å². The highest BCUT2D eigenvalue weighted by Crippen LogP contribution is 2.26. The summed E-state index contributed by atoms with van der Waals surface area (Å²) in [6, 6.07) is 2.98. The maximum atomic E-state index is 11.3. The van der Waals surface area contributed by atoms with Crippen LogP contribution < -0.4 is 18.1 Å². The number of nitrogens with two attached hydrogens (primary N) is 1. The van der Waals surface area contributed by atoms with E-state index in [-0.39, 0.29) is 25.4 Å². The van der Waals surface area contributed by atoms with Crippen LogP contribution in [0.1, 0.15) is 12.5 Å². The molecular weight excluding hydrogens is 276 g/mol. The van der Waals surface area contributed by atoms with Crippen molar-refractivity contribution in [2.75, 3.05) is 6.61 Å². The summed E-state index contributed by atoms with van der Waals surface area (Å²) >= 11 is 0. The number of aromatic hydroxyl groups is 1. The highest BCUT2D eigenvalue weighted by Gasteiger charge is 2.18. The molecule has 1 aromatic carbocycles. The second-order valence-electron chi connectivity index (χ2n) is 3.64. The maximum Gasteiger partial charge on any atom is 0.323 e. The summed E-state index contributed by atoms with van der Waals surface area (Å²) in [6.07, 6.45) is 0.111. The Morgan fingerprint density at radius 1 is 1.58 bits per heavy atom. The smallest absolute Gasteiger partial charge is 0.323 e. The van der Waals surface area contributed by atoms with Crippen LogP contribution in [0.3, 0.4) is 0 Å². The predicted octanol–water partition coefficient (Wildman–Crippen LogP) is -2.26. The van der Waals surface area contributed by atoms with Gasteiger partial charge in [-0.2, -0.15) is 0 Å². The van der Waals surface area contributed by atoms with E-state index in [0.717, 1.165) is 0 Å². The molecule has 0 aliphatic rings. The van der Waals surface area contributed by atoms with E-state index in [1.165, 1.54) is 18.2 Å². The van der Waals surface area contributed by atoms with Gasteiger partial charge in [-0.15, -0.1) is 0 Å². The van der Waals surface area contributed by atoms with Crippen molar-refractivity contribution in [3.05, 3.63) is 33.9 Å². The Balaban J connectivity index is 0.00000324. The van der Waals surface area contributed by atoms with Gasteiger partial charge in [-0.1, -0.05) is 6.07 Å². The maximum absolute atomic E-state index is 11.3. The zero-order chi connectivity index (χ0) is 13.7. The Hall–Kier alpha value is -1.86. The normalized spacial score (nSPS) is 11.3. The lowest BCUT2D eigenvalue weighted by Gasteiger charge is -2.10. The lowest BCUT2D eigenvalue weighted by atomic mass is 10.1. The zero-order valence-corrected chi connectivity index (χ0v) is 11.0. The lowest BCUT2D eigenvalue weighted by Crippen LogP contribution is -3.00. The van der Waals surface area contributed by atoms with Crippen LogP contribution in [0.25, 0.3) is 0 Å². The molecule has 3 N–H and O–H groups in total. The van der Waals surface area contributed by atoms with Crippen molar-refractivity contribution in [3.8, 4) is 5.75 Å². The van der Waals surface area contributed by atoms with Gasteiger partial charge in [-0.05, 0) is 25.0 Å². The number of esters is 1. The predicted molar refractivity (Wildman–Crippen MR) is 63.1 cm³/mol. The number of nitro groups is 1. The number of rotatable bonds is 5. The van der Waals surface area contributed by atoms with Crippen LogP contribution in [0, 0.1) is 10.1 Å². The molecule has 0 aliphatic carbocycles. The van der Waals surface area contributed by atoms with E-state index >= 15 is 0 Å². The molecule has 1 rings (SSSR count). The fourth-order valence-electron chi connectivity index (χ4n) is 1.43. The number of nitro benzene ring substituents is 1. The molecular formula is C11H14ClN2O5-. The summed E-state index contributed by atoms with van der Waals surface area (Å²) in [6.45, 7) is 1.89. The summed E-state index contributed by atoms with van der Waals surface area (Å²) in [4.78, 5) is 21.2. The number of ether oxygens (including phenoxy) is 1. The van der Waals surface area contributed by atoms with E-state index in [2.05, 4.69) is 0 Å². The van der Waals surface area contributed by atoms with Gasteiger partial charge in [0.2, 0.25) is 0 Å². The van der Waals surface area contributed by atoms with Crippen LogP contribution in [0.5, 0.6) is 5.75 Å². The zero-order valence-electron chi connectivity index (χ0n) is 10.2. The van der Waals surface area contributed by atoms with Gasteiger partial charge in [0.1, 0.15) is 6.04 Å². The molecule has 0 saturated carbocycles. The highest BCUT2D eigenvalue weighted by atomic mass is 35.5. The van der Waals surface area contributed by atoms with Crippen molar-refractivity contribution in [1.29, 1.82) is 0 Å². The first kappa shape index (κ1) is 17.1. The number of hydrogen-bond acceptors (Lipinski definition) is 6. The average Bonchev–Trinajstić information content (AvgIpc) is 2.31. The van der Waals surface area contributed by atoms with E-state index in [4.69, 9.17) is 10.5 Å². The van der Waals surface area contributed by atoms with Crippen molar-refractivity contribution >= 4 is 11.7 Å². The van der Waals surface area contributed by atoms with E-state index < -0.39 is 28.4 Å². The molecule has 0 spiro atoms. The van der Waals surface area contributed by atoms with Crippen molar-refractivity contribution in [1.82, 2.24) is 0 Å². The van der Waals surface area contributed by atoms with Crippen molar-refractivity contribution in [3.63, 3.8) is 0 Å². The van der Waals surface area contributed by atoms with Gasteiger partial charge < -0.3 is 28.0 Å². The van der Waals surface area contributed by atoms with Crippen LogP contribution in [0.2, 0.25) is 0 Å². The van der Waals surface area contributed by atoms with Gasteiger partial charge in [0.25, 0.3) is 0 Å². The lowest BCUT2D eigenvalue weighted by molar-refractivity contribution is -0.385. The van der Waals surface area contributed by atoms with E-state index in [9.17, 15) is 20.0 Å². The molecule has 0 bridgehead atoms. The first-order chi connectivity index (χ1) is 8.45. The number of phenolic OH excluding ortho intramolecular Hbond substituents is 1. The standard InChI is InChI=1S/C11H14N2O5.ClH/c1-2-18-11(15)8(12)5-7-3-4-10(14)9(6-7)13(16)17;/h3-4,6,8,14H,2,5,12H2,1H3;1H/p-1/t8-;/m0./s1. The number of carbonyl (C=O) groups is 1. The summed E-state index contributed by atoms with van der Waals surface area (Å²) in [5.41, 5.74) is 5.67. The van der Waals surface area contributed by atoms with E-state index in [1.807, 2.05) is 0 Å². The number of benzene rings is 1. The Labute approximate surface area is 115 Å². The van der Waals surface area contributed by atoms with Gasteiger partial charge in [-0.3, -0.25) is 14.9 Å². The minimum atomic E-state index is -0.880. The molecule has 0 amide bonds. The highest BCUT2D eigenvalue weighted by molar-refractivity contribution is 5.75.